The smallest absolute Gasteiger partial charge is 0.318 e. The number of anilines is 1. The molecular weight excluding hydrogens is 438 g/mol. The Hall–Kier alpha value is -3.61. The summed E-state index contributed by atoms with van der Waals surface area (Å²) in [6.45, 7) is 6.29. The molecule has 7 nitrogen and oxygen atoms in total. The summed E-state index contributed by atoms with van der Waals surface area (Å²) in [6.07, 6.45) is 5.52. The molecule has 0 spiro atoms. The highest BCUT2D eigenvalue weighted by molar-refractivity contribution is 5.98. The lowest BCUT2D eigenvalue weighted by molar-refractivity contribution is -0.116. The largest absolute Gasteiger partial charge is 0.335 e. The number of carbonyl (C=O) groups is 2. The maximum atomic E-state index is 13.3. The van der Waals surface area contributed by atoms with Crippen LogP contribution in [-0.4, -0.2) is 45.8 Å². The van der Waals surface area contributed by atoms with Crippen molar-refractivity contribution in [1.29, 1.82) is 0 Å². The van der Waals surface area contributed by atoms with E-state index in [1.165, 1.54) is 6.42 Å². The van der Waals surface area contributed by atoms with Crippen LogP contribution in [0.2, 0.25) is 0 Å². The molecule has 7 heteroatoms. The molecule has 0 bridgehead atoms. The van der Waals surface area contributed by atoms with E-state index in [1.54, 1.807) is 9.58 Å². The second-order valence-corrected chi connectivity index (χ2v) is 9.22. The molecule has 1 fully saturated rings. The molecule has 1 aliphatic carbocycles. The number of urea groups is 1. The van der Waals surface area contributed by atoms with Gasteiger partial charge in [0.2, 0.25) is 5.91 Å². The van der Waals surface area contributed by atoms with E-state index in [9.17, 15) is 9.59 Å². The van der Waals surface area contributed by atoms with Crippen molar-refractivity contribution in [1.82, 2.24) is 20.0 Å². The molecule has 4 rings (SSSR count). The molecule has 35 heavy (non-hydrogen) atoms. The van der Waals surface area contributed by atoms with Gasteiger partial charge in [-0.1, -0.05) is 67.8 Å². The van der Waals surface area contributed by atoms with Gasteiger partial charge in [-0.15, -0.1) is 0 Å². The molecule has 2 N–H and O–H groups in total. The molecule has 2 aromatic carbocycles. The Morgan fingerprint density at radius 2 is 1.69 bits per heavy atom. The van der Waals surface area contributed by atoms with Gasteiger partial charge in [0.1, 0.15) is 12.4 Å². The van der Waals surface area contributed by atoms with Gasteiger partial charge in [0.05, 0.1) is 11.4 Å². The number of rotatable bonds is 7. The van der Waals surface area contributed by atoms with Crippen LogP contribution in [0, 0.1) is 13.8 Å². The molecule has 3 aromatic rings. The highest BCUT2D eigenvalue weighted by Crippen LogP contribution is 2.34. The summed E-state index contributed by atoms with van der Waals surface area (Å²) in [4.78, 5) is 27.7. The van der Waals surface area contributed by atoms with E-state index in [-0.39, 0.29) is 24.5 Å². The predicted molar refractivity (Wildman–Crippen MR) is 140 cm³/mol. The number of hydrogen-bond donors (Lipinski definition) is 2. The Bertz CT molecular complexity index is 1170. The molecule has 0 radical (unpaired) electrons. The first-order chi connectivity index (χ1) is 17.0. The van der Waals surface area contributed by atoms with Gasteiger partial charge < -0.3 is 15.5 Å². The fourth-order valence-corrected chi connectivity index (χ4v) is 4.75. The molecule has 0 unspecified atom stereocenters. The van der Waals surface area contributed by atoms with Crippen molar-refractivity contribution in [3.8, 4) is 16.8 Å². The van der Waals surface area contributed by atoms with Gasteiger partial charge >= 0.3 is 6.03 Å². The third kappa shape index (κ3) is 5.73. The van der Waals surface area contributed by atoms with Gasteiger partial charge in [-0.2, -0.15) is 5.10 Å². The van der Waals surface area contributed by atoms with Crippen molar-refractivity contribution < 1.29 is 9.59 Å². The number of carbonyl (C=O) groups excluding carboxylic acids is 2. The van der Waals surface area contributed by atoms with Gasteiger partial charge in [0, 0.05) is 18.2 Å². The Labute approximate surface area is 207 Å². The molecule has 1 heterocycles. The first kappa shape index (κ1) is 24.5. The quantitative estimate of drug-likeness (QED) is 0.478. The van der Waals surface area contributed by atoms with Crippen molar-refractivity contribution in [2.45, 2.75) is 58.9 Å². The van der Waals surface area contributed by atoms with Crippen molar-refractivity contribution in [3.05, 3.63) is 65.9 Å². The number of likely N-dealkylation sites (N-methyl/N-ethyl adjacent to an activating group) is 1. The molecule has 0 atom stereocenters. The van der Waals surface area contributed by atoms with E-state index in [0.717, 1.165) is 53.8 Å². The lowest BCUT2D eigenvalue weighted by Crippen LogP contribution is -2.48. The van der Waals surface area contributed by atoms with E-state index >= 15 is 0 Å². The van der Waals surface area contributed by atoms with Gasteiger partial charge in [-0.3, -0.25) is 4.79 Å². The van der Waals surface area contributed by atoms with Crippen molar-refractivity contribution >= 4 is 17.8 Å². The first-order valence-electron chi connectivity index (χ1n) is 12.5. The Morgan fingerprint density at radius 3 is 2.37 bits per heavy atom. The normalized spacial score (nSPS) is 13.9. The molecule has 0 saturated heterocycles. The molecule has 1 aromatic heterocycles. The molecule has 1 aliphatic rings. The van der Waals surface area contributed by atoms with E-state index in [1.807, 2.05) is 75.4 Å². The maximum Gasteiger partial charge on any atom is 0.318 e. The summed E-state index contributed by atoms with van der Waals surface area (Å²) in [5.74, 6) is 0.356. The van der Waals surface area contributed by atoms with Crippen LogP contribution >= 0.6 is 0 Å². The van der Waals surface area contributed by atoms with Gasteiger partial charge in [-0.05, 0) is 50.8 Å². The summed E-state index contributed by atoms with van der Waals surface area (Å²) in [5, 5.41) is 11.0. The van der Waals surface area contributed by atoms with Gasteiger partial charge in [0.15, 0.2) is 0 Å². The van der Waals surface area contributed by atoms with Crippen LogP contribution in [0.15, 0.2) is 54.6 Å². The van der Waals surface area contributed by atoms with Crippen molar-refractivity contribution in [3.63, 3.8) is 0 Å². The number of nitrogens with zero attached hydrogens (tertiary/aromatic N) is 3. The Kier molecular flexibility index (Phi) is 7.85. The average molecular weight is 474 g/mol. The zero-order valence-electron chi connectivity index (χ0n) is 20.9. The molecule has 0 aliphatic heterocycles. The summed E-state index contributed by atoms with van der Waals surface area (Å²) in [5.41, 5.74) is 4.61. The highest BCUT2D eigenvalue weighted by atomic mass is 16.2. The van der Waals surface area contributed by atoms with Crippen LogP contribution < -0.4 is 10.6 Å². The number of aryl methyl sites for hydroxylation is 2. The van der Waals surface area contributed by atoms with Crippen LogP contribution in [0.3, 0.4) is 0 Å². The summed E-state index contributed by atoms with van der Waals surface area (Å²) < 4.78 is 1.79. The van der Waals surface area contributed by atoms with E-state index in [2.05, 4.69) is 10.6 Å². The Balaban J connectivity index is 1.60. The van der Waals surface area contributed by atoms with E-state index in [4.69, 9.17) is 5.10 Å². The summed E-state index contributed by atoms with van der Waals surface area (Å²) in [6, 6.07) is 17.9. The third-order valence-corrected chi connectivity index (χ3v) is 6.66. The van der Waals surface area contributed by atoms with Crippen LogP contribution in [0.25, 0.3) is 16.8 Å². The second kappa shape index (κ2) is 11.2. The maximum absolute atomic E-state index is 13.3. The fraction of sp³-hybridized carbons (Fsp3) is 0.393. The lowest BCUT2D eigenvalue weighted by Gasteiger charge is -2.27. The van der Waals surface area contributed by atoms with Gasteiger partial charge in [0.25, 0.3) is 0 Å². The minimum absolute atomic E-state index is 0.0265. The lowest BCUT2D eigenvalue weighted by atomic mass is 9.96. The topological polar surface area (TPSA) is 79.3 Å². The number of para-hydroxylation sites is 1. The monoisotopic (exact) mass is 473 g/mol. The zero-order chi connectivity index (χ0) is 24.8. The SMILES string of the molecule is CCN(CC(=O)Nc1c(-c2ccccc2)c(C)nn1-c1ccccc1C)C(=O)NC1CCCCC1. The predicted octanol–water partition coefficient (Wildman–Crippen LogP) is 5.46. The molecular formula is C28H35N5O2. The van der Waals surface area contributed by atoms with Crippen LogP contribution in [0.5, 0.6) is 0 Å². The molecule has 1 saturated carbocycles. The third-order valence-electron chi connectivity index (χ3n) is 6.66. The minimum atomic E-state index is -0.252. The fourth-order valence-electron chi connectivity index (χ4n) is 4.75. The standard InChI is InChI=1S/C28H35N5O2/c1-4-32(28(35)29-23-16-9-6-10-17-23)19-25(34)30-27-26(22-14-7-5-8-15-22)21(3)31-33(27)24-18-12-11-13-20(24)2/h5,7-8,11-15,18,23H,4,6,9-10,16-17,19H2,1-3H3,(H,29,35)(H,30,34). The first-order valence-corrected chi connectivity index (χ1v) is 12.5. The number of benzene rings is 2. The van der Waals surface area contributed by atoms with Crippen LogP contribution in [-0.2, 0) is 4.79 Å². The number of amides is 3. The second-order valence-electron chi connectivity index (χ2n) is 9.22. The number of nitrogens with one attached hydrogen (secondary N) is 2. The number of hydrogen-bond acceptors (Lipinski definition) is 3. The number of aromatic nitrogens is 2. The Morgan fingerprint density at radius 1 is 1.00 bits per heavy atom. The van der Waals surface area contributed by atoms with Crippen molar-refractivity contribution in [2.24, 2.45) is 0 Å². The van der Waals surface area contributed by atoms with E-state index in [0.29, 0.717) is 12.4 Å². The summed E-state index contributed by atoms with van der Waals surface area (Å²) >= 11 is 0. The van der Waals surface area contributed by atoms with Crippen LogP contribution in [0.1, 0.15) is 50.3 Å². The van der Waals surface area contributed by atoms with Crippen molar-refractivity contribution in [2.75, 3.05) is 18.4 Å². The highest BCUT2D eigenvalue weighted by Gasteiger charge is 2.24. The summed E-state index contributed by atoms with van der Waals surface area (Å²) in [7, 11) is 0. The van der Waals surface area contributed by atoms with Crippen LogP contribution in [0.4, 0.5) is 10.6 Å². The minimum Gasteiger partial charge on any atom is -0.335 e. The van der Waals surface area contributed by atoms with E-state index < -0.39 is 0 Å². The average Bonchev–Trinajstić information content (AvgIpc) is 3.19. The van der Waals surface area contributed by atoms with Gasteiger partial charge in [-0.25, -0.2) is 9.48 Å². The molecule has 3 amide bonds. The zero-order valence-corrected chi connectivity index (χ0v) is 20.9. The molecule has 184 valence electrons.